The third-order valence-electron chi connectivity index (χ3n) is 3.63. The number of rotatable bonds is 9. The maximum absolute atomic E-state index is 12.0. The third-order valence-corrected chi connectivity index (χ3v) is 3.63. The van der Waals surface area contributed by atoms with E-state index >= 15 is 0 Å². The van der Waals surface area contributed by atoms with E-state index in [0.717, 1.165) is 4.90 Å². The first-order valence-corrected chi connectivity index (χ1v) is 8.62. The minimum absolute atomic E-state index is 0.0898. The minimum Gasteiger partial charge on any atom is -0.490 e. The normalized spacial score (nSPS) is 13.5. The van der Waals surface area contributed by atoms with Crippen molar-refractivity contribution in [2.24, 2.45) is 0 Å². The van der Waals surface area contributed by atoms with Crippen LogP contribution >= 0.6 is 0 Å². The number of hydrogen-bond donors (Lipinski definition) is 1. The van der Waals surface area contributed by atoms with Gasteiger partial charge in [-0.15, -0.1) is 0 Å². The van der Waals surface area contributed by atoms with E-state index in [9.17, 15) is 19.2 Å². The summed E-state index contributed by atoms with van der Waals surface area (Å²) >= 11 is 0. The van der Waals surface area contributed by atoms with Crippen molar-refractivity contribution in [1.82, 2.24) is 4.90 Å². The van der Waals surface area contributed by atoms with E-state index in [-0.39, 0.29) is 12.8 Å². The molecule has 1 aliphatic heterocycles. The van der Waals surface area contributed by atoms with Crippen LogP contribution in [0.3, 0.4) is 0 Å². The molecular formula is C18H22N2O7. The lowest BCUT2D eigenvalue weighted by Gasteiger charge is -2.14. The zero-order valence-electron chi connectivity index (χ0n) is 15.3. The molecule has 1 aromatic rings. The number of carbonyl (C=O) groups is 4. The van der Waals surface area contributed by atoms with Crippen LogP contribution in [0.25, 0.3) is 0 Å². The van der Waals surface area contributed by atoms with E-state index in [2.05, 4.69) is 5.32 Å². The Kier molecular flexibility index (Phi) is 7.16. The van der Waals surface area contributed by atoms with Crippen LogP contribution < -0.4 is 14.8 Å². The predicted molar refractivity (Wildman–Crippen MR) is 94.3 cm³/mol. The van der Waals surface area contributed by atoms with Crippen LogP contribution in [0.15, 0.2) is 18.2 Å². The van der Waals surface area contributed by atoms with E-state index in [4.69, 9.17) is 14.2 Å². The smallest absolute Gasteiger partial charge is 0.326 e. The van der Waals surface area contributed by atoms with Crippen molar-refractivity contribution in [3.05, 3.63) is 18.2 Å². The van der Waals surface area contributed by atoms with E-state index in [0.29, 0.717) is 30.4 Å². The number of anilines is 1. The molecule has 3 amide bonds. The van der Waals surface area contributed by atoms with Gasteiger partial charge in [0.05, 0.1) is 13.2 Å². The largest absolute Gasteiger partial charge is 0.490 e. The average molecular weight is 378 g/mol. The van der Waals surface area contributed by atoms with Crippen molar-refractivity contribution in [1.29, 1.82) is 0 Å². The second-order valence-electron chi connectivity index (χ2n) is 5.61. The number of benzene rings is 1. The summed E-state index contributed by atoms with van der Waals surface area (Å²) in [6.45, 7) is 3.57. The second kappa shape index (κ2) is 9.56. The molecular weight excluding hydrogens is 356 g/mol. The van der Waals surface area contributed by atoms with Gasteiger partial charge in [0.1, 0.15) is 6.54 Å². The lowest BCUT2D eigenvalue weighted by Crippen LogP contribution is -2.36. The molecule has 9 heteroatoms. The molecule has 0 radical (unpaired) electrons. The highest BCUT2D eigenvalue weighted by Gasteiger charge is 2.31. The first-order chi connectivity index (χ1) is 12.9. The zero-order valence-corrected chi connectivity index (χ0v) is 15.3. The molecule has 1 heterocycles. The van der Waals surface area contributed by atoms with E-state index in [1.54, 1.807) is 18.2 Å². The molecule has 1 fully saturated rings. The Bertz CT molecular complexity index is 716. The van der Waals surface area contributed by atoms with Gasteiger partial charge in [-0.25, -0.2) is 0 Å². The second-order valence-corrected chi connectivity index (χ2v) is 5.61. The molecule has 2 rings (SSSR count). The van der Waals surface area contributed by atoms with Crippen molar-refractivity contribution >= 4 is 29.4 Å². The van der Waals surface area contributed by atoms with Gasteiger partial charge in [0.25, 0.3) is 5.91 Å². The first-order valence-electron chi connectivity index (χ1n) is 8.62. The fourth-order valence-electron chi connectivity index (χ4n) is 2.45. The number of nitrogens with one attached hydrogen (secondary N) is 1. The molecule has 9 nitrogen and oxygen atoms in total. The molecule has 0 atom stereocenters. The van der Waals surface area contributed by atoms with Gasteiger partial charge in [-0.2, -0.15) is 0 Å². The van der Waals surface area contributed by atoms with Gasteiger partial charge < -0.3 is 19.5 Å². The lowest BCUT2D eigenvalue weighted by atomic mass is 10.2. The van der Waals surface area contributed by atoms with Crippen molar-refractivity contribution < 1.29 is 33.4 Å². The minimum atomic E-state index is -0.824. The first kappa shape index (κ1) is 20.2. The van der Waals surface area contributed by atoms with Gasteiger partial charge in [0, 0.05) is 24.6 Å². The molecule has 0 aliphatic carbocycles. The Hall–Kier alpha value is -3.10. The van der Waals surface area contributed by atoms with Crippen LogP contribution in [-0.2, 0) is 23.9 Å². The maximum atomic E-state index is 12.0. The van der Waals surface area contributed by atoms with Gasteiger partial charge >= 0.3 is 5.97 Å². The fraction of sp³-hybridized carbons (Fsp3) is 0.444. The van der Waals surface area contributed by atoms with Gasteiger partial charge in [0.15, 0.2) is 18.1 Å². The summed E-state index contributed by atoms with van der Waals surface area (Å²) in [6.07, 6.45) is 0.180. The lowest BCUT2D eigenvalue weighted by molar-refractivity contribution is -0.153. The summed E-state index contributed by atoms with van der Waals surface area (Å²) in [7, 11) is 0. The number of esters is 1. The summed E-state index contributed by atoms with van der Waals surface area (Å²) in [5.41, 5.74) is 0.452. The highest BCUT2D eigenvalue weighted by molar-refractivity contribution is 6.04. The molecule has 0 spiro atoms. The number of hydrogen-bond acceptors (Lipinski definition) is 7. The highest BCUT2D eigenvalue weighted by Crippen LogP contribution is 2.30. The number of imide groups is 1. The van der Waals surface area contributed by atoms with Crippen molar-refractivity contribution in [3.63, 3.8) is 0 Å². The number of amides is 3. The van der Waals surface area contributed by atoms with E-state index in [1.807, 2.05) is 13.8 Å². The fourth-order valence-corrected chi connectivity index (χ4v) is 2.45. The highest BCUT2D eigenvalue weighted by atomic mass is 16.5. The molecule has 27 heavy (non-hydrogen) atoms. The molecule has 1 saturated heterocycles. The standard InChI is InChI=1S/C18H22N2O7/c1-3-25-13-6-5-12(9-14(13)26-4-2)19-15(21)11-27-18(24)10-20-16(22)7-8-17(20)23/h5-6,9H,3-4,7-8,10-11H2,1-2H3,(H,19,21). The predicted octanol–water partition coefficient (Wildman–Crippen LogP) is 1.11. The van der Waals surface area contributed by atoms with Crippen LogP contribution in [0.1, 0.15) is 26.7 Å². The molecule has 0 unspecified atom stereocenters. The summed E-state index contributed by atoms with van der Waals surface area (Å²) in [6, 6.07) is 4.91. The van der Waals surface area contributed by atoms with Crippen molar-refractivity contribution in [3.8, 4) is 11.5 Å². The van der Waals surface area contributed by atoms with Gasteiger partial charge in [-0.3, -0.25) is 24.1 Å². The van der Waals surface area contributed by atoms with Crippen LogP contribution in [0.2, 0.25) is 0 Å². The molecule has 146 valence electrons. The quantitative estimate of drug-likeness (QED) is 0.506. The van der Waals surface area contributed by atoms with Crippen LogP contribution in [0.4, 0.5) is 5.69 Å². The molecule has 0 bridgehead atoms. The summed E-state index contributed by atoms with van der Waals surface area (Å²) in [5, 5.41) is 2.58. The van der Waals surface area contributed by atoms with Gasteiger partial charge in [-0.1, -0.05) is 0 Å². The molecule has 1 aliphatic rings. The number of likely N-dealkylation sites (tertiary alicyclic amines) is 1. The number of ether oxygens (including phenoxy) is 3. The number of nitrogens with zero attached hydrogens (tertiary/aromatic N) is 1. The van der Waals surface area contributed by atoms with E-state index in [1.165, 1.54) is 0 Å². The van der Waals surface area contributed by atoms with Crippen molar-refractivity contribution in [2.75, 3.05) is 31.7 Å². The molecule has 0 saturated carbocycles. The molecule has 0 aromatic heterocycles. The summed E-state index contributed by atoms with van der Waals surface area (Å²) in [5.74, 6) is -1.17. The maximum Gasteiger partial charge on any atom is 0.326 e. The molecule has 1 N–H and O–H groups in total. The molecule has 1 aromatic carbocycles. The van der Waals surface area contributed by atoms with E-state index < -0.39 is 36.8 Å². The van der Waals surface area contributed by atoms with Crippen LogP contribution in [0, 0.1) is 0 Å². The average Bonchev–Trinajstić information content (AvgIpc) is 2.94. The van der Waals surface area contributed by atoms with Crippen LogP contribution in [-0.4, -0.2) is 55.0 Å². The third kappa shape index (κ3) is 5.70. The van der Waals surface area contributed by atoms with Crippen molar-refractivity contribution in [2.45, 2.75) is 26.7 Å². The Morgan fingerprint density at radius 3 is 2.30 bits per heavy atom. The Balaban J connectivity index is 1.86. The zero-order chi connectivity index (χ0) is 19.8. The Morgan fingerprint density at radius 2 is 1.67 bits per heavy atom. The summed E-state index contributed by atoms with van der Waals surface area (Å²) < 4.78 is 15.7. The number of carbonyl (C=O) groups excluding carboxylic acids is 4. The van der Waals surface area contributed by atoms with Gasteiger partial charge in [-0.05, 0) is 26.0 Å². The van der Waals surface area contributed by atoms with Gasteiger partial charge in [0.2, 0.25) is 11.8 Å². The SMILES string of the molecule is CCOc1ccc(NC(=O)COC(=O)CN2C(=O)CCC2=O)cc1OCC. The summed E-state index contributed by atoms with van der Waals surface area (Å²) in [4.78, 5) is 47.4. The topological polar surface area (TPSA) is 111 Å². The Morgan fingerprint density at radius 1 is 1.04 bits per heavy atom. The van der Waals surface area contributed by atoms with Crippen LogP contribution in [0.5, 0.6) is 11.5 Å². The monoisotopic (exact) mass is 378 g/mol. The Labute approximate surface area is 156 Å².